The molecule has 26 heavy (non-hydrogen) atoms. The molecule has 7 nitrogen and oxygen atoms in total. The van der Waals surface area contributed by atoms with Crippen LogP contribution in [0.15, 0.2) is 47.6 Å². The molecule has 0 spiro atoms. The van der Waals surface area contributed by atoms with E-state index in [4.69, 9.17) is 16.3 Å². The molecular formula is C16H13ClFN5O2S. The Morgan fingerprint density at radius 3 is 2.92 bits per heavy atom. The van der Waals surface area contributed by atoms with Crippen molar-refractivity contribution in [2.75, 3.05) is 18.2 Å². The minimum absolute atomic E-state index is 0.0597. The van der Waals surface area contributed by atoms with Gasteiger partial charge in [0, 0.05) is 5.69 Å². The lowest BCUT2D eigenvalue weighted by Crippen LogP contribution is -2.14. The zero-order valence-corrected chi connectivity index (χ0v) is 15.1. The summed E-state index contributed by atoms with van der Waals surface area (Å²) in [6, 6.07) is 11.2. The third-order valence-corrected chi connectivity index (χ3v) is 4.50. The van der Waals surface area contributed by atoms with E-state index in [1.54, 1.807) is 19.2 Å². The number of carbonyl (C=O) groups is 1. The van der Waals surface area contributed by atoms with E-state index in [0.29, 0.717) is 22.3 Å². The molecule has 0 aliphatic carbocycles. The Morgan fingerprint density at radius 2 is 2.15 bits per heavy atom. The van der Waals surface area contributed by atoms with Crippen molar-refractivity contribution >= 4 is 35.0 Å². The normalized spacial score (nSPS) is 10.6. The Balaban J connectivity index is 1.68. The topological polar surface area (TPSA) is 81.9 Å². The standard InChI is InChI=1S/C16H13ClFN5O2S/c1-25-14-5-3-2-4-13(14)23-16(20-21-22-23)26-9-15(24)19-10-6-7-12(18)11(17)8-10/h2-8H,9H2,1H3,(H,19,24). The van der Waals surface area contributed by atoms with Gasteiger partial charge < -0.3 is 10.1 Å². The largest absolute Gasteiger partial charge is 0.494 e. The van der Waals surface area contributed by atoms with Gasteiger partial charge in [0.1, 0.15) is 17.3 Å². The van der Waals surface area contributed by atoms with Crippen molar-refractivity contribution in [3.8, 4) is 11.4 Å². The SMILES string of the molecule is COc1ccccc1-n1nnnc1SCC(=O)Nc1ccc(F)c(Cl)c1. The highest BCUT2D eigenvalue weighted by Crippen LogP contribution is 2.26. The van der Waals surface area contributed by atoms with Crippen LogP contribution in [0.1, 0.15) is 0 Å². The summed E-state index contributed by atoms with van der Waals surface area (Å²) in [5.41, 5.74) is 1.07. The van der Waals surface area contributed by atoms with Crippen LogP contribution in [-0.2, 0) is 4.79 Å². The average molecular weight is 394 g/mol. The number of ether oxygens (including phenoxy) is 1. The summed E-state index contributed by atoms with van der Waals surface area (Å²) in [7, 11) is 1.55. The number of anilines is 1. The monoisotopic (exact) mass is 393 g/mol. The van der Waals surface area contributed by atoms with Crippen LogP contribution in [0.3, 0.4) is 0 Å². The average Bonchev–Trinajstić information content (AvgIpc) is 3.11. The van der Waals surface area contributed by atoms with E-state index in [1.807, 2.05) is 12.1 Å². The molecule has 3 rings (SSSR count). The number of benzene rings is 2. The minimum atomic E-state index is -0.546. The third kappa shape index (κ3) is 4.12. The van der Waals surface area contributed by atoms with E-state index in [1.165, 1.54) is 22.9 Å². The van der Waals surface area contributed by atoms with Crippen molar-refractivity contribution in [1.29, 1.82) is 0 Å². The first-order valence-electron chi connectivity index (χ1n) is 7.38. The van der Waals surface area contributed by atoms with E-state index in [9.17, 15) is 9.18 Å². The Labute approximate surface area is 157 Å². The maximum atomic E-state index is 13.2. The molecule has 10 heteroatoms. The molecule has 1 aromatic heterocycles. The number of amides is 1. The summed E-state index contributed by atoms with van der Waals surface area (Å²) in [5, 5.41) is 14.5. The van der Waals surface area contributed by atoms with E-state index in [0.717, 1.165) is 11.8 Å². The first-order chi connectivity index (χ1) is 12.6. The molecule has 3 aromatic rings. The molecule has 0 atom stereocenters. The Morgan fingerprint density at radius 1 is 1.35 bits per heavy atom. The van der Waals surface area contributed by atoms with Crippen LogP contribution in [0.4, 0.5) is 10.1 Å². The molecule has 0 radical (unpaired) electrons. The molecular weight excluding hydrogens is 381 g/mol. The molecule has 1 amide bonds. The van der Waals surface area contributed by atoms with Crippen molar-refractivity contribution in [2.24, 2.45) is 0 Å². The second kappa shape index (κ2) is 8.15. The summed E-state index contributed by atoms with van der Waals surface area (Å²) in [6.45, 7) is 0. The number of hydrogen-bond acceptors (Lipinski definition) is 6. The molecule has 0 aliphatic rings. The van der Waals surface area contributed by atoms with E-state index >= 15 is 0 Å². The van der Waals surface area contributed by atoms with E-state index in [-0.39, 0.29) is 16.7 Å². The quantitative estimate of drug-likeness (QED) is 0.648. The molecule has 0 bridgehead atoms. The predicted octanol–water partition coefficient (Wildman–Crippen LogP) is 3.19. The minimum Gasteiger partial charge on any atom is -0.494 e. The molecule has 134 valence electrons. The summed E-state index contributed by atoms with van der Waals surface area (Å²) in [5.74, 6) is -0.181. The third-order valence-electron chi connectivity index (χ3n) is 3.29. The number of para-hydroxylation sites is 2. The number of thioether (sulfide) groups is 1. The maximum Gasteiger partial charge on any atom is 0.234 e. The van der Waals surface area contributed by atoms with Gasteiger partial charge in [0.05, 0.1) is 17.9 Å². The second-order valence-corrected chi connectivity index (χ2v) is 6.36. The van der Waals surface area contributed by atoms with Crippen molar-refractivity contribution in [3.63, 3.8) is 0 Å². The maximum absolute atomic E-state index is 13.2. The molecule has 1 N–H and O–H groups in total. The van der Waals surface area contributed by atoms with Crippen LogP contribution < -0.4 is 10.1 Å². The highest BCUT2D eigenvalue weighted by molar-refractivity contribution is 7.99. The second-order valence-electron chi connectivity index (χ2n) is 5.01. The van der Waals surface area contributed by atoms with Crippen LogP contribution in [0.2, 0.25) is 5.02 Å². The molecule has 2 aromatic carbocycles. The van der Waals surface area contributed by atoms with Crippen molar-refractivity contribution < 1.29 is 13.9 Å². The van der Waals surface area contributed by atoms with Crippen LogP contribution in [0.25, 0.3) is 5.69 Å². The van der Waals surface area contributed by atoms with Crippen LogP contribution in [0, 0.1) is 5.82 Å². The highest BCUT2D eigenvalue weighted by Gasteiger charge is 2.14. The van der Waals surface area contributed by atoms with Crippen molar-refractivity contribution in [3.05, 3.63) is 53.3 Å². The molecule has 1 heterocycles. The molecule has 0 unspecified atom stereocenters. The lowest BCUT2D eigenvalue weighted by molar-refractivity contribution is -0.113. The number of nitrogens with zero attached hydrogens (tertiary/aromatic N) is 4. The van der Waals surface area contributed by atoms with Gasteiger partial charge in [-0.2, -0.15) is 4.68 Å². The Hall–Kier alpha value is -2.65. The first-order valence-corrected chi connectivity index (χ1v) is 8.74. The summed E-state index contributed by atoms with van der Waals surface area (Å²) < 4.78 is 19.9. The smallest absolute Gasteiger partial charge is 0.234 e. The fraction of sp³-hybridized carbons (Fsp3) is 0.125. The summed E-state index contributed by atoms with van der Waals surface area (Å²) in [6.07, 6.45) is 0. The molecule has 0 fully saturated rings. The summed E-state index contributed by atoms with van der Waals surface area (Å²) >= 11 is 6.85. The predicted molar refractivity (Wildman–Crippen MR) is 96.5 cm³/mol. The van der Waals surface area contributed by atoms with Crippen molar-refractivity contribution in [2.45, 2.75) is 5.16 Å². The number of methoxy groups -OCH3 is 1. The number of carbonyl (C=O) groups excluding carboxylic acids is 1. The number of rotatable bonds is 6. The van der Waals surface area contributed by atoms with Gasteiger partial charge in [-0.05, 0) is 40.8 Å². The lowest BCUT2D eigenvalue weighted by atomic mass is 10.3. The first kappa shape index (κ1) is 18.2. The van der Waals surface area contributed by atoms with Gasteiger partial charge in [0.15, 0.2) is 0 Å². The number of aromatic nitrogens is 4. The van der Waals surface area contributed by atoms with Gasteiger partial charge in [-0.3, -0.25) is 4.79 Å². The van der Waals surface area contributed by atoms with Gasteiger partial charge in [0.25, 0.3) is 0 Å². The number of tetrazole rings is 1. The van der Waals surface area contributed by atoms with Crippen molar-refractivity contribution in [1.82, 2.24) is 20.2 Å². The van der Waals surface area contributed by atoms with Gasteiger partial charge in [0.2, 0.25) is 11.1 Å². The van der Waals surface area contributed by atoms with Gasteiger partial charge >= 0.3 is 0 Å². The van der Waals surface area contributed by atoms with Gasteiger partial charge in [-0.25, -0.2) is 4.39 Å². The van der Waals surface area contributed by atoms with E-state index in [2.05, 4.69) is 20.8 Å². The van der Waals surface area contributed by atoms with Crippen LogP contribution in [0.5, 0.6) is 5.75 Å². The highest BCUT2D eigenvalue weighted by atomic mass is 35.5. The molecule has 0 saturated heterocycles. The number of hydrogen-bond donors (Lipinski definition) is 1. The van der Waals surface area contributed by atoms with Crippen LogP contribution in [-0.4, -0.2) is 39.0 Å². The molecule has 0 aliphatic heterocycles. The van der Waals surface area contributed by atoms with E-state index < -0.39 is 5.82 Å². The molecule has 0 saturated carbocycles. The lowest BCUT2D eigenvalue weighted by Gasteiger charge is -2.09. The zero-order valence-electron chi connectivity index (χ0n) is 13.5. The Kier molecular flexibility index (Phi) is 5.69. The fourth-order valence-corrected chi connectivity index (χ4v) is 2.99. The fourth-order valence-electron chi connectivity index (χ4n) is 2.13. The van der Waals surface area contributed by atoms with Gasteiger partial charge in [-0.1, -0.05) is 35.5 Å². The number of halogens is 2. The van der Waals surface area contributed by atoms with Gasteiger partial charge in [-0.15, -0.1) is 5.10 Å². The van der Waals surface area contributed by atoms with Crippen LogP contribution >= 0.6 is 23.4 Å². The summed E-state index contributed by atoms with van der Waals surface area (Å²) in [4.78, 5) is 12.1. The Bertz CT molecular complexity index is 937. The number of nitrogens with one attached hydrogen (secondary N) is 1. The zero-order chi connectivity index (χ0) is 18.5.